The van der Waals surface area contributed by atoms with Gasteiger partial charge in [0, 0.05) is 28.9 Å². The smallest absolute Gasteiger partial charge is 0.178 e. The molecule has 3 aromatic carbocycles. The number of aromatic nitrogens is 3. The largest absolute Gasteiger partial charge is 0.508 e. The Morgan fingerprint density at radius 3 is 1.29 bits per heavy atom. The van der Waals surface area contributed by atoms with E-state index in [4.69, 9.17) is 49.4 Å². The van der Waals surface area contributed by atoms with E-state index in [0.717, 1.165) is 6.20 Å². The van der Waals surface area contributed by atoms with Crippen LogP contribution in [0.15, 0.2) is 128 Å². The van der Waals surface area contributed by atoms with Crippen LogP contribution in [-0.4, -0.2) is 37.9 Å². The minimum absolute atomic E-state index is 0.0666. The van der Waals surface area contributed by atoms with Crippen LogP contribution in [0.3, 0.4) is 0 Å². The molecule has 0 aliphatic rings. The van der Waals surface area contributed by atoms with E-state index in [0.29, 0.717) is 61.4 Å². The van der Waals surface area contributed by atoms with Crippen molar-refractivity contribution in [3.8, 4) is 28.7 Å². The predicted octanol–water partition coefficient (Wildman–Crippen LogP) is 10.5. The van der Waals surface area contributed by atoms with E-state index in [9.17, 15) is 18.8 Å². The van der Waals surface area contributed by atoms with Crippen molar-refractivity contribution >= 4 is 52.7 Å². The van der Waals surface area contributed by atoms with Gasteiger partial charge in [-0.15, -0.1) is 0 Å². The first-order chi connectivity index (χ1) is 24.4. The van der Waals surface area contributed by atoms with Gasteiger partial charge in [-0.05, 0) is 109 Å². The number of pyridine rings is 3. The molecule has 0 saturated heterocycles. The highest BCUT2D eigenvalue weighted by Crippen LogP contribution is 2.23. The first-order valence-electron chi connectivity index (χ1n) is 14.7. The van der Waals surface area contributed by atoms with Gasteiger partial charge in [0.1, 0.15) is 51.6 Å². The van der Waals surface area contributed by atoms with Crippen LogP contribution in [0.5, 0.6) is 28.7 Å². The topological polar surface area (TPSA) is 129 Å². The molecule has 0 radical (unpaired) electrons. The highest BCUT2D eigenvalue weighted by Gasteiger charge is 2.03. The third-order valence-corrected chi connectivity index (χ3v) is 6.75. The van der Waals surface area contributed by atoms with E-state index in [1.165, 1.54) is 38.4 Å². The van der Waals surface area contributed by atoms with Gasteiger partial charge in [-0.1, -0.05) is 34.8 Å². The minimum Gasteiger partial charge on any atom is -0.508 e. The summed E-state index contributed by atoms with van der Waals surface area (Å²) in [6, 6.07) is 29.6. The summed E-state index contributed by atoms with van der Waals surface area (Å²) in [6.45, 7) is 2.86. The number of Topliss-reactive ketones (excluding diaryl/α,β-unsaturated/α-hetero) is 2. The van der Waals surface area contributed by atoms with Crippen LogP contribution < -0.4 is 9.47 Å². The number of benzene rings is 3. The van der Waals surface area contributed by atoms with Crippen LogP contribution in [0.1, 0.15) is 45.3 Å². The maximum Gasteiger partial charge on any atom is 0.178 e. The summed E-state index contributed by atoms with van der Waals surface area (Å²) in [4.78, 5) is 43.4. The summed E-state index contributed by atoms with van der Waals surface area (Å²) in [5, 5.41) is 10.6. The lowest BCUT2D eigenvalue weighted by atomic mass is 10.3. The van der Waals surface area contributed by atoms with Gasteiger partial charge in [0.05, 0.1) is 18.6 Å². The molecule has 260 valence electrons. The number of aldehydes is 1. The number of nitrogens with zero attached hydrogens (tertiary/aromatic N) is 3. The fourth-order valence-electron chi connectivity index (χ4n) is 3.47. The lowest BCUT2D eigenvalue weighted by Gasteiger charge is -2.05. The van der Waals surface area contributed by atoms with Crippen LogP contribution in [0.2, 0.25) is 15.1 Å². The average Bonchev–Trinajstić information content (AvgIpc) is 3.13. The molecule has 1 N–H and O–H groups in total. The van der Waals surface area contributed by atoms with Crippen LogP contribution in [-0.2, 0) is 0 Å². The van der Waals surface area contributed by atoms with Gasteiger partial charge in [0.2, 0.25) is 0 Å². The Bertz CT molecular complexity index is 1960. The van der Waals surface area contributed by atoms with Gasteiger partial charge in [0.25, 0.3) is 0 Å². The second-order valence-corrected chi connectivity index (χ2v) is 11.3. The number of halogens is 4. The molecule has 0 bridgehead atoms. The Labute approximate surface area is 308 Å². The maximum absolute atomic E-state index is 12.2. The molecule has 0 spiro atoms. The normalized spacial score (nSPS) is 9.69. The lowest BCUT2D eigenvalue weighted by molar-refractivity contribution is 0.1000. The summed E-state index contributed by atoms with van der Waals surface area (Å²) < 4.78 is 23.2. The first kappa shape index (κ1) is 39.8. The summed E-state index contributed by atoms with van der Waals surface area (Å²) >= 11 is 17.0. The van der Waals surface area contributed by atoms with Crippen LogP contribution in [0.25, 0.3) is 0 Å². The Morgan fingerprint density at radius 1 is 0.569 bits per heavy atom. The summed E-state index contributed by atoms with van der Waals surface area (Å²) in [5.41, 5.74) is 1.10. The standard InChI is InChI=1S/C13H10ClNO2.C12H8ClNO2.C7H6FNO.C6H5ClO/c1-9(16)13-7-6-12(8-15-13)17-11-4-2-10(14)3-5-11;13-9-1-4-11(5-2-9)16-12-6-3-10(8-15)14-7-12;1-5(10)7-3-2-6(8)4-9-7;7-5-1-3-6(8)4-2-5/h2-8H,1H3;1-8H;2-4H,1H3;1-4,8H. The number of hydrogen-bond acceptors (Lipinski definition) is 9. The zero-order chi connectivity index (χ0) is 37.2. The van der Waals surface area contributed by atoms with Crippen molar-refractivity contribution < 1.29 is 33.4 Å². The number of ether oxygens (including phenoxy) is 2. The molecular formula is C38H29Cl3FN3O6. The molecule has 0 atom stereocenters. The van der Waals surface area contributed by atoms with Crippen molar-refractivity contribution in [1.29, 1.82) is 0 Å². The summed E-state index contributed by atoms with van der Waals surface area (Å²) in [7, 11) is 0. The molecule has 0 amide bonds. The molecule has 6 rings (SSSR count). The number of carbonyl (C=O) groups is 3. The second-order valence-electron chi connectivity index (χ2n) is 9.98. The van der Waals surface area contributed by atoms with Crippen molar-refractivity contribution in [1.82, 2.24) is 15.0 Å². The van der Waals surface area contributed by atoms with E-state index < -0.39 is 5.82 Å². The number of rotatable bonds is 7. The van der Waals surface area contributed by atoms with Gasteiger partial charge in [0.15, 0.2) is 17.9 Å². The molecule has 3 aromatic heterocycles. The van der Waals surface area contributed by atoms with Crippen LogP contribution >= 0.6 is 34.8 Å². The fourth-order valence-corrected chi connectivity index (χ4v) is 3.85. The Kier molecular flexibility index (Phi) is 16.2. The van der Waals surface area contributed by atoms with Gasteiger partial charge >= 0.3 is 0 Å². The Balaban J connectivity index is 0.000000191. The van der Waals surface area contributed by atoms with Gasteiger partial charge in [-0.2, -0.15) is 0 Å². The summed E-state index contributed by atoms with van der Waals surface area (Å²) in [6.07, 6.45) is 4.73. The number of carbonyl (C=O) groups excluding carboxylic acids is 3. The first-order valence-corrected chi connectivity index (χ1v) is 15.9. The molecule has 6 aromatic rings. The predicted molar refractivity (Wildman–Crippen MR) is 194 cm³/mol. The molecule has 13 heteroatoms. The fraction of sp³-hybridized carbons (Fsp3) is 0.0526. The molecule has 51 heavy (non-hydrogen) atoms. The van der Waals surface area contributed by atoms with E-state index in [-0.39, 0.29) is 17.3 Å². The maximum atomic E-state index is 12.2. The van der Waals surface area contributed by atoms with E-state index in [1.54, 1.807) is 97.1 Å². The van der Waals surface area contributed by atoms with Crippen molar-refractivity contribution in [2.24, 2.45) is 0 Å². The molecule has 9 nitrogen and oxygen atoms in total. The Hall–Kier alpha value is -5.68. The number of ketones is 2. The van der Waals surface area contributed by atoms with Gasteiger partial charge in [-0.3, -0.25) is 19.4 Å². The Morgan fingerprint density at radius 2 is 0.961 bits per heavy atom. The third-order valence-electron chi connectivity index (χ3n) is 5.99. The molecule has 0 unspecified atom stereocenters. The minimum atomic E-state index is -0.426. The van der Waals surface area contributed by atoms with Gasteiger partial charge in [-0.25, -0.2) is 14.4 Å². The number of phenols is 1. The van der Waals surface area contributed by atoms with E-state index in [2.05, 4.69) is 15.0 Å². The zero-order valence-corrected chi connectivity index (χ0v) is 29.3. The molecule has 0 fully saturated rings. The summed E-state index contributed by atoms with van der Waals surface area (Å²) in [5.74, 6) is 2.10. The van der Waals surface area contributed by atoms with Crippen molar-refractivity contribution in [2.45, 2.75) is 13.8 Å². The van der Waals surface area contributed by atoms with Gasteiger partial charge < -0.3 is 14.6 Å². The lowest BCUT2D eigenvalue weighted by Crippen LogP contribution is -1.95. The molecule has 0 aliphatic heterocycles. The van der Waals surface area contributed by atoms with Crippen LogP contribution in [0.4, 0.5) is 4.39 Å². The zero-order valence-electron chi connectivity index (χ0n) is 27.0. The van der Waals surface area contributed by atoms with E-state index in [1.807, 2.05) is 0 Å². The van der Waals surface area contributed by atoms with Crippen molar-refractivity contribution in [3.63, 3.8) is 0 Å². The second kappa shape index (κ2) is 20.7. The molecular weight excluding hydrogens is 720 g/mol. The number of aromatic hydroxyl groups is 1. The average molecular weight is 749 g/mol. The molecule has 0 aliphatic carbocycles. The number of phenolic OH excluding ortho intramolecular Hbond substituents is 1. The SMILES string of the molecule is CC(=O)c1ccc(F)cn1.CC(=O)c1ccc(Oc2ccc(Cl)cc2)cn1.O=Cc1ccc(Oc2ccc(Cl)cc2)cn1.Oc1ccc(Cl)cc1. The van der Waals surface area contributed by atoms with Crippen molar-refractivity contribution in [3.05, 3.63) is 166 Å². The molecule has 3 heterocycles. The third kappa shape index (κ3) is 15.2. The quantitative estimate of drug-likeness (QED) is 0.125. The monoisotopic (exact) mass is 747 g/mol. The van der Waals surface area contributed by atoms with Crippen LogP contribution in [0, 0.1) is 5.82 Å². The highest BCUT2D eigenvalue weighted by atomic mass is 35.5. The van der Waals surface area contributed by atoms with Crippen molar-refractivity contribution in [2.75, 3.05) is 0 Å². The highest BCUT2D eigenvalue weighted by molar-refractivity contribution is 6.31. The number of hydrogen-bond donors (Lipinski definition) is 1. The van der Waals surface area contributed by atoms with E-state index >= 15 is 0 Å². The molecule has 0 saturated carbocycles.